The summed E-state index contributed by atoms with van der Waals surface area (Å²) in [5.74, 6) is -0.280. The predicted molar refractivity (Wildman–Crippen MR) is 62.8 cm³/mol. The molecule has 0 aliphatic carbocycles. The Morgan fingerprint density at radius 2 is 2.12 bits per heavy atom. The van der Waals surface area contributed by atoms with E-state index in [4.69, 9.17) is 10.5 Å². The molecule has 0 spiro atoms. The molecule has 0 aromatic heterocycles. The molecule has 1 aromatic rings. The van der Waals surface area contributed by atoms with Crippen LogP contribution in [0, 0.1) is 0 Å². The summed E-state index contributed by atoms with van der Waals surface area (Å²) < 4.78 is 5.45. The molecule has 1 aliphatic rings. The fourth-order valence-corrected chi connectivity index (χ4v) is 4.14. The molecule has 0 amide bonds. The van der Waals surface area contributed by atoms with Crippen LogP contribution in [0.5, 0.6) is 0 Å². The van der Waals surface area contributed by atoms with Crippen LogP contribution in [0.4, 0.5) is 0 Å². The van der Waals surface area contributed by atoms with E-state index < -0.39 is 0 Å². The third-order valence-corrected chi connectivity index (χ3v) is 5.13. The molecule has 1 heterocycles. The number of carbonyl (C=O) groups excluding carboxylic acids is 1. The number of hydrogen-bond acceptors (Lipinski definition) is 3. The molecule has 1 aromatic carbocycles. The fourth-order valence-electron chi connectivity index (χ4n) is 1.71. The zero-order valence-electron chi connectivity index (χ0n) is 8.97. The van der Waals surface area contributed by atoms with Gasteiger partial charge in [-0.2, -0.15) is 0 Å². The molecule has 4 heteroatoms. The van der Waals surface area contributed by atoms with E-state index in [0.717, 1.165) is 4.60 Å². The molecule has 0 saturated heterocycles. The van der Waals surface area contributed by atoms with Crippen LogP contribution >= 0.6 is 0 Å². The Balaban J connectivity index is 2.15. The minimum atomic E-state index is -0.280. The van der Waals surface area contributed by atoms with Gasteiger partial charge in [0.05, 0.1) is 0 Å². The summed E-state index contributed by atoms with van der Waals surface area (Å²) in [6, 6.07) is 10.2. The standard InChI is InChI=1S/C12H13NO2Se/c1-15-12(14)9-7-10(16-11(9)13)8-5-3-2-4-6-8/h2-6,10H,7,13H2,1H3. The van der Waals surface area contributed by atoms with Crippen molar-refractivity contribution in [2.45, 2.75) is 11.2 Å². The van der Waals surface area contributed by atoms with Crippen molar-refractivity contribution in [1.82, 2.24) is 0 Å². The Bertz CT molecular complexity index is 428. The van der Waals surface area contributed by atoms with Gasteiger partial charge in [0.25, 0.3) is 0 Å². The summed E-state index contributed by atoms with van der Waals surface area (Å²) in [4.78, 5) is 11.8. The first kappa shape index (κ1) is 11.2. The number of nitrogens with two attached hydrogens (primary N) is 1. The Kier molecular flexibility index (Phi) is 3.32. The summed E-state index contributed by atoms with van der Waals surface area (Å²) in [6.07, 6.45) is 0.711. The van der Waals surface area contributed by atoms with Gasteiger partial charge in [0.15, 0.2) is 0 Å². The molecule has 3 nitrogen and oxygen atoms in total. The van der Waals surface area contributed by atoms with Gasteiger partial charge in [0.1, 0.15) is 0 Å². The number of carbonyl (C=O) groups is 1. The topological polar surface area (TPSA) is 52.3 Å². The molecule has 0 bridgehead atoms. The van der Waals surface area contributed by atoms with Crippen molar-refractivity contribution in [2.24, 2.45) is 5.73 Å². The second kappa shape index (κ2) is 4.72. The summed E-state index contributed by atoms with van der Waals surface area (Å²) in [7, 11) is 1.39. The molecular formula is C12H13NO2Se. The Morgan fingerprint density at radius 3 is 2.75 bits per heavy atom. The quantitative estimate of drug-likeness (QED) is 0.654. The Hall–Kier alpha value is -1.25. The zero-order chi connectivity index (χ0) is 11.5. The fraction of sp³-hybridized carbons (Fsp3) is 0.250. The van der Waals surface area contributed by atoms with Crippen LogP contribution in [0.25, 0.3) is 0 Å². The normalized spacial score (nSPS) is 19.9. The van der Waals surface area contributed by atoms with Gasteiger partial charge in [0.2, 0.25) is 0 Å². The van der Waals surface area contributed by atoms with Gasteiger partial charge < -0.3 is 0 Å². The van der Waals surface area contributed by atoms with Crippen molar-refractivity contribution in [3.63, 3.8) is 0 Å². The van der Waals surface area contributed by atoms with Crippen LogP contribution in [-0.2, 0) is 9.53 Å². The van der Waals surface area contributed by atoms with Gasteiger partial charge in [-0.25, -0.2) is 0 Å². The van der Waals surface area contributed by atoms with Crippen LogP contribution in [0.1, 0.15) is 16.8 Å². The van der Waals surface area contributed by atoms with E-state index in [9.17, 15) is 4.79 Å². The first-order chi connectivity index (χ1) is 7.72. The monoisotopic (exact) mass is 283 g/mol. The number of rotatable bonds is 2. The summed E-state index contributed by atoms with van der Waals surface area (Å²) in [5.41, 5.74) is 7.81. The van der Waals surface area contributed by atoms with Crippen molar-refractivity contribution in [2.75, 3.05) is 7.11 Å². The van der Waals surface area contributed by atoms with Crippen LogP contribution < -0.4 is 5.73 Å². The van der Waals surface area contributed by atoms with E-state index in [-0.39, 0.29) is 20.9 Å². The minimum absolute atomic E-state index is 0.158. The van der Waals surface area contributed by atoms with Crippen LogP contribution in [-0.4, -0.2) is 28.0 Å². The molecule has 2 rings (SSSR count). The first-order valence-corrected chi connectivity index (χ1v) is 6.85. The van der Waals surface area contributed by atoms with Gasteiger partial charge in [-0.1, -0.05) is 0 Å². The summed E-state index contributed by atoms with van der Waals surface area (Å²) in [5, 5.41) is 0. The molecular weight excluding hydrogens is 269 g/mol. The Labute approximate surface area is 101 Å². The third-order valence-electron chi connectivity index (χ3n) is 2.56. The zero-order valence-corrected chi connectivity index (χ0v) is 10.7. The third kappa shape index (κ3) is 2.13. The number of ether oxygens (including phenoxy) is 1. The Morgan fingerprint density at radius 1 is 1.44 bits per heavy atom. The van der Waals surface area contributed by atoms with Crippen LogP contribution in [0.2, 0.25) is 0 Å². The van der Waals surface area contributed by atoms with E-state index in [1.165, 1.54) is 12.7 Å². The van der Waals surface area contributed by atoms with Crippen molar-refractivity contribution in [3.05, 3.63) is 46.1 Å². The van der Waals surface area contributed by atoms with Gasteiger partial charge in [-0.15, -0.1) is 0 Å². The average molecular weight is 282 g/mol. The number of hydrogen-bond donors (Lipinski definition) is 1. The molecule has 1 atom stereocenters. The van der Waals surface area contributed by atoms with E-state index in [1.807, 2.05) is 18.2 Å². The van der Waals surface area contributed by atoms with Crippen molar-refractivity contribution >= 4 is 20.9 Å². The van der Waals surface area contributed by atoms with E-state index >= 15 is 0 Å². The summed E-state index contributed by atoms with van der Waals surface area (Å²) in [6.45, 7) is 0. The van der Waals surface area contributed by atoms with Gasteiger partial charge >= 0.3 is 101 Å². The van der Waals surface area contributed by atoms with E-state index in [2.05, 4.69) is 12.1 Å². The molecule has 1 unspecified atom stereocenters. The molecule has 16 heavy (non-hydrogen) atoms. The van der Waals surface area contributed by atoms with Gasteiger partial charge in [0, 0.05) is 0 Å². The van der Waals surface area contributed by atoms with Crippen molar-refractivity contribution in [3.8, 4) is 0 Å². The molecule has 1 aliphatic heterocycles. The van der Waals surface area contributed by atoms with Crippen molar-refractivity contribution in [1.29, 1.82) is 0 Å². The maximum absolute atomic E-state index is 11.5. The molecule has 84 valence electrons. The number of benzene rings is 1. The first-order valence-electron chi connectivity index (χ1n) is 5.01. The van der Waals surface area contributed by atoms with Crippen LogP contribution in [0.3, 0.4) is 0 Å². The molecule has 2 N–H and O–H groups in total. The second-order valence-corrected chi connectivity index (χ2v) is 6.17. The predicted octanol–water partition coefficient (Wildman–Crippen LogP) is 1.18. The van der Waals surface area contributed by atoms with E-state index in [0.29, 0.717) is 16.8 Å². The maximum atomic E-state index is 11.5. The second-order valence-electron chi connectivity index (χ2n) is 3.56. The van der Waals surface area contributed by atoms with Gasteiger partial charge in [-0.3, -0.25) is 0 Å². The van der Waals surface area contributed by atoms with Gasteiger partial charge in [-0.05, 0) is 0 Å². The van der Waals surface area contributed by atoms with Crippen molar-refractivity contribution < 1.29 is 9.53 Å². The molecule has 0 fully saturated rings. The summed E-state index contributed by atoms with van der Waals surface area (Å²) >= 11 is 0.158. The van der Waals surface area contributed by atoms with Crippen LogP contribution in [0.15, 0.2) is 40.5 Å². The molecule has 0 saturated carbocycles. The SMILES string of the molecule is COC(=O)C1=C(N)[Se]C(c2ccccc2)C1. The van der Waals surface area contributed by atoms with E-state index in [1.54, 1.807) is 0 Å². The number of methoxy groups -OCH3 is 1. The molecule has 0 radical (unpaired) electrons. The average Bonchev–Trinajstić information content (AvgIpc) is 2.71. The number of esters is 1.